The maximum absolute atomic E-state index is 12.1. The zero-order valence-electron chi connectivity index (χ0n) is 17.1. The Balaban J connectivity index is 1.63. The van der Waals surface area contributed by atoms with Crippen LogP contribution in [0, 0.1) is 20.8 Å². The molecule has 2 N–H and O–H groups in total. The summed E-state index contributed by atoms with van der Waals surface area (Å²) in [5.74, 6) is -0.815. The van der Waals surface area contributed by atoms with Crippen LogP contribution in [-0.2, 0) is 11.3 Å². The molecular formula is C23H23ClN4O2. The van der Waals surface area contributed by atoms with Gasteiger partial charge in [0.05, 0.1) is 12.2 Å². The molecule has 3 aromatic rings. The van der Waals surface area contributed by atoms with Gasteiger partial charge in [0.1, 0.15) is 0 Å². The molecule has 0 bridgehead atoms. The smallest absolute Gasteiger partial charge is 0.268 e. The van der Waals surface area contributed by atoms with E-state index in [1.807, 2.05) is 61.9 Å². The predicted octanol–water partition coefficient (Wildman–Crippen LogP) is 3.98. The van der Waals surface area contributed by atoms with E-state index in [0.29, 0.717) is 17.1 Å². The van der Waals surface area contributed by atoms with E-state index in [1.54, 1.807) is 18.2 Å². The summed E-state index contributed by atoms with van der Waals surface area (Å²) in [6.07, 6.45) is 3.06. The molecule has 0 unspecified atom stereocenters. The maximum Gasteiger partial charge on any atom is 0.269 e. The van der Waals surface area contributed by atoms with Crippen LogP contribution < -0.4 is 10.9 Å². The first-order chi connectivity index (χ1) is 14.3. The van der Waals surface area contributed by atoms with Crippen molar-refractivity contribution < 1.29 is 9.59 Å². The first kappa shape index (κ1) is 21.3. The Morgan fingerprint density at radius 3 is 2.43 bits per heavy atom. The van der Waals surface area contributed by atoms with Gasteiger partial charge in [-0.15, -0.1) is 0 Å². The van der Waals surface area contributed by atoms with E-state index in [9.17, 15) is 9.59 Å². The van der Waals surface area contributed by atoms with E-state index in [1.165, 1.54) is 6.08 Å². The minimum atomic E-state index is -0.437. The first-order valence-electron chi connectivity index (χ1n) is 9.47. The first-order valence-corrected chi connectivity index (χ1v) is 9.85. The highest BCUT2D eigenvalue weighted by Crippen LogP contribution is 2.20. The Bertz CT molecular complexity index is 1100. The van der Waals surface area contributed by atoms with Crippen LogP contribution in [0.25, 0.3) is 6.08 Å². The predicted molar refractivity (Wildman–Crippen MR) is 118 cm³/mol. The number of nitrogens with zero attached hydrogens (tertiary/aromatic N) is 2. The van der Waals surface area contributed by atoms with E-state index in [4.69, 9.17) is 11.6 Å². The third-order valence-electron chi connectivity index (χ3n) is 4.73. The third-order valence-corrected chi connectivity index (χ3v) is 5.10. The number of aromatic nitrogens is 2. The summed E-state index contributed by atoms with van der Waals surface area (Å²) in [5.41, 5.74) is 9.85. The second-order valence-corrected chi connectivity index (χ2v) is 7.38. The van der Waals surface area contributed by atoms with Gasteiger partial charge in [-0.2, -0.15) is 5.10 Å². The standard InChI is InChI=1S/C23H23ClN4O2/c1-15-8-10-18(11-9-15)23(30)26-25-22(29)13-12-20-16(2)27-28(17(20)3)14-19-6-4-5-7-21(19)24/h4-13H,14H2,1-3H3,(H,25,29)(H,26,30)/b13-12+. The molecule has 0 fully saturated rings. The number of hydrazine groups is 1. The SMILES string of the molecule is Cc1ccc(C(=O)NNC(=O)/C=C/c2c(C)nn(Cc3ccccc3Cl)c2C)cc1. The lowest BCUT2D eigenvalue weighted by molar-refractivity contribution is -0.117. The average Bonchev–Trinajstić information content (AvgIpc) is 2.99. The Morgan fingerprint density at radius 2 is 1.73 bits per heavy atom. The van der Waals surface area contributed by atoms with Crippen molar-refractivity contribution in [1.29, 1.82) is 0 Å². The van der Waals surface area contributed by atoms with Gasteiger partial charge in [0, 0.05) is 27.9 Å². The molecule has 30 heavy (non-hydrogen) atoms. The highest BCUT2D eigenvalue weighted by molar-refractivity contribution is 6.31. The van der Waals surface area contributed by atoms with Crippen LogP contribution in [0.1, 0.15) is 38.4 Å². The molecule has 154 valence electrons. The van der Waals surface area contributed by atoms with Crippen molar-refractivity contribution in [2.24, 2.45) is 0 Å². The van der Waals surface area contributed by atoms with Gasteiger partial charge < -0.3 is 0 Å². The van der Waals surface area contributed by atoms with Crippen molar-refractivity contribution >= 4 is 29.5 Å². The number of aryl methyl sites for hydroxylation is 2. The molecule has 0 aliphatic rings. The van der Waals surface area contributed by atoms with Crippen LogP contribution in [0.3, 0.4) is 0 Å². The fraction of sp³-hybridized carbons (Fsp3) is 0.174. The Morgan fingerprint density at radius 1 is 1.03 bits per heavy atom. The molecule has 7 heteroatoms. The van der Waals surface area contributed by atoms with Gasteiger partial charge in [0.15, 0.2) is 0 Å². The number of halogens is 1. The number of nitrogens with one attached hydrogen (secondary N) is 2. The number of rotatable bonds is 5. The summed E-state index contributed by atoms with van der Waals surface area (Å²) in [6, 6.07) is 14.7. The van der Waals surface area contributed by atoms with E-state index in [2.05, 4.69) is 16.0 Å². The summed E-state index contributed by atoms with van der Waals surface area (Å²) < 4.78 is 1.85. The van der Waals surface area contributed by atoms with E-state index < -0.39 is 5.91 Å². The van der Waals surface area contributed by atoms with Crippen molar-refractivity contribution in [2.45, 2.75) is 27.3 Å². The van der Waals surface area contributed by atoms with E-state index >= 15 is 0 Å². The van der Waals surface area contributed by atoms with Gasteiger partial charge in [-0.25, -0.2) is 0 Å². The van der Waals surface area contributed by atoms with Crippen molar-refractivity contribution in [2.75, 3.05) is 0 Å². The van der Waals surface area contributed by atoms with Gasteiger partial charge >= 0.3 is 0 Å². The van der Waals surface area contributed by atoms with Gasteiger partial charge in [-0.05, 0) is 50.6 Å². The van der Waals surface area contributed by atoms with E-state index in [-0.39, 0.29) is 5.91 Å². The quantitative estimate of drug-likeness (QED) is 0.482. The van der Waals surface area contributed by atoms with Crippen LogP contribution in [0.5, 0.6) is 0 Å². The highest BCUT2D eigenvalue weighted by atomic mass is 35.5. The van der Waals surface area contributed by atoms with Crippen molar-refractivity contribution in [1.82, 2.24) is 20.6 Å². The van der Waals surface area contributed by atoms with E-state index in [0.717, 1.165) is 28.1 Å². The minimum Gasteiger partial charge on any atom is -0.268 e. The number of amides is 2. The zero-order valence-corrected chi connectivity index (χ0v) is 17.8. The summed E-state index contributed by atoms with van der Waals surface area (Å²) in [5, 5.41) is 5.24. The van der Waals surface area contributed by atoms with Gasteiger partial charge in [0.25, 0.3) is 11.8 Å². The molecule has 0 saturated carbocycles. The molecule has 1 heterocycles. The molecule has 0 spiro atoms. The molecule has 2 aromatic carbocycles. The summed E-state index contributed by atoms with van der Waals surface area (Å²) in [6.45, 7) is 6.30. The molecule has 2 amide bonds. The summed E-state index contributed by atoms with van der Waals surface area (Å²) in [4.78, 5) is 24.2. The largest absolute Gasteiger partial charge is 0.269 e. The highest BCUT2D eigenvalue weighted by Gasteiger charge is 2.11. The molecule has 3 rings (SSSR count). The molecule has 1 aromatic heterocycles. The topological polar surface area (TPSA) is 76.0 Å². The zero-order chi connectivity index (χ0) is 21.7. The molecule has 0 aliphatic heterocycles. The molecular weight excluding hydrogens is 400 g/mol. The fourth-order valence-corrected chi connectivity index (χ4v) is 3.19. The average molecular weight is 423 g/mol. The fourth-order valence-electron chi connectivity index (χ4n) is 2.99. The van der Waals surface area contributed by atoms with Crippen molar-refractivity contribution in [3.63, 3.8) is 0 Å². The number of benzene rings is 2. The summed E-state index contributed by atoms with van der Waals surface area (Å²) in [7, 11) is 0. The molecule has 6 nitrogen and oxygen atoms in total. The van der Waals surface area contributed by atoms with Crippen LogP contribution in [-0.4, -0.2) is 21.6 Å². The van der Waals surface area contributed by atoms with Crippen LogP contribution >= 0.6 is 11.6 Å². The third kappa shape index (κ3) is 5.15. The van der Waals surface area contributed by atoms with Crippen LogP contribution in [0.15, 0.2) is 54.6 Å². The lowest BCUT2D eigenvalue weighted by atomic mass is 10.1. The number of hydrogen-bond donors (Lipinski definition) is 2. The second-order valence-electron chi connectivity index (χ2n) is 6.98. The van der Waals surface area contributed by atoms with Gasteiger partial charge in [-0.1, -0.05) is 47.5 Å². The summed E-state index contributed by atoms with van der Waals surface area (Å²) >= 11 is 6.25. The van der Waals surface area contributed by atoms with Crippen molar-refractivity contribution in [3.05, 3.63) is 93.3 Å². The van der Waals surface area contributed by atoms with Crippen LogP contribution in [0.2, 0.25) is 5.02 Å². The second kappa shape index (κ2) is 9.41. The van der Waals surface area contributed by atoms with Gasteiger partial charge in [-0.3, -0.25) is 25.1 Å². The maximum atomic E-state index is 12.1. The number of carbonyl (C=O) groups is 2. The van der Waals surface area contributed by atoms with Crippen molar-refractivity contribution in [3.8, 4) is 0 Å². The number of hydrogen-bond acceptors (Lipinski definition) is 3. The monoisotopic (exact) mass is 422 g/mol. The normalized spacial score (nSPS) is 10.9. The molecule has 0 radical (unpaired) electrons. The minimum absolute atomic E-state index is 0.378. The Labute approximate surface area is 180 Å². The lowest BCUT2D eigenvalue weighted by Gasteiger charge is -2.07. The Hall–Kier alpha value is -3.38. The molecule has 0 saturated heterocycles. The molecule has 0 aliphatic carbocycles. The van der Waals surface area contributed by atoms with Gasteiger partial charge in [0.2, 0.25) is 0 Å². The van der Waals surface area contributed by atoms with Crippen LogP contribution in [0.4, 0.5) is 0 Å². The molecule has 0 atom stereocenters. The number of carbonyl (C=O) groups excluding carboxylic acids is 2. The lowest BCUT2D eigenvalue weighted by Crippen LogP contribution is -2.40. The Kier molecular flexibility index (Phi) is 6.69.